The van der Waals surface area contributed by atoms with Gasteiger partial charge in [0, 0.05) is 0 Å². The monoisotopic (exact) mass is 464 g/mol. The molecule has 0 unspecified atom stereocenters. The molecular formula is C16H32O2Pb. The van der Waals surface area contributed by atoms with Gasteiger partial charge in [0.05, 0.1) is 0 Å². The zero-order valence-corrected chi connectivity index (χ0v) is 17.2. The second kappa shape index (κ2) is 11.9. The van der Waals surface area contributed by atoms with Gasteiger partial charge < -0.3 is 0 Å². The van der Waals surface area contributed by atoms with Crippen molar-refractivity contribution in [2.75, 3.05) is 7.11 Å². The van der Waals surface area contributed by atoms with Crippen LogP contribution in [0.3, 0.4) is 0 Å². The van der Waals surface area contributed by atoms with Crippen LogP contribution in [0.2, 0.25) is 11.9 Å². The van der Waals surface area contributed by atoms with Crippen LogP contribution in [0.1, 0.15) is 59.3 Å². The second-order valence-electron chi connectivity index (χ2n) is 5.53. The standard InChI is InChI=1S/C4H5O2.3C4H9.Pb/c1-3-4(5)6-2;3*1-3-4-2;/h1,3H,2H3;3*1,3-4H2,2H3;. The number of rotatable bonds is 11. The predicted octanol–water partition coefficient (Wildman–Crippen LogP) is 5.10. The van der Waals surface area contributed by atoms with E-state index in [0.717, 1.165) is 0 Å². The van der Waals surface area contributed by atoms with Gasteiger partial charge in [0.1, 0.15) is 0 Å². The van der Waals surface area contributed by atoms with Gasteiger partial charge in [-0.25, -0.2) is 0 Å². The van der Waals surface area contributed by atoms with Gasteiger partial charge in [-0.15, -0.1) is 0 Å². The number of hydrogen-bond donors (Lipinski definition) is 0. The van der Waals surface area contributed by atoms with Gasteiger partial charge in [0.2, 0.25) is 0 Å². The Kier molecular flexibility index (Phi) is 12.0. The van der Waals surface area contributed by atoms with E-state index in [2.05, 4.69) is 24.4 Å². The van der Waals surface area contributed by atoms with Gasteiger partial charge in [0.25, 0.3) is 0 Å². The Hall–Kier alpha value is 0.132. The Balaban J connectivity index is 4.85. The zero-order valence-electron chi connectivity index (χ0n) is 13.3. The molecule has 0 aliphatic heterocycles. The fourth-order valence-corrected chi connectivity index (χ4v) is 21.6. The van der Waals surface area contributed by atoms with Crippen LogP contribution < -0.4 is 0 Å². The van der Waals surface area contributed by atoms with Crippen LogP contribution in [-0.4, -0.2) is 34.3 Å². The molecule has 0 saturated carbocycles. The number of esters is 1. The number of methoxy groups -OCH3 is 1. The minimum absolute atomic E-state index is 0.172. The summed E-state index contributed by atoms with van der Waals surface area (Å²) in [6, 6.07) is 0. The molecule has 19 heavy (non-hydrogen) atoms. The summed E-state index contributed by atoms with van der Waals surface area (Å²) in [5, 5.41) is 0. The molecule has 0 atom stereocenters. The maximum atomic E-state index is 11.4. The van der Waals surface area contributed by atoms with E-state index in [4.69, 9.17) is 4.74 Å². The normalized spacial score (nSPS) is 12.0. The summed E-state index contributed by atoms with van der Waals surface area (Å²) in [5.74, 6) is -0.172. The summed E-state index contributed by atoms with van der Waals surface area (Å²) < 4.78 is 11.4. The van der Waals surface area contributed by atoms with Crippen molar-refractivity contribution in [2.24, 2.45) is 0 Å². The predicted molar refractivity (Wildman–Crippen MR) is 86.1 cm³/mol. The van der Waals surface area contributed by atoms with Gasteiger partial charge in [-0.3, -0.25) is 0 Å². The Labute approximate surface area is 124 Å². The number of carbonyl (C=O) groups excluding carboxylic acids is 1. The van der Waals surface area contributed by atoms with Gasteiger partial charge in [-0.2, -0.15) is 0 Å². The number of ether oxygens (including phenoxy) is 1. The first-order chi connectivity index (χ1) is 9.14. The van der Waals surface area contributed by atoms with Crippen molar-refractivity contribution in [1.29, 1.82) is 0 Å². The Morgan fingerprint density at radius 3 is 1.68 bits per heavy atom. The molecule has 112 valence electrons. The molecule has 3 heteroatoms. The van der Waals surface area contributed by atoms with Gasteiger partial charge in [-0.05, 0) is 0 Å². The van der Waals surface area contributed by atoms with E-state index in [-0.39, 0.29) is 5.97 Å². The van der Waals surface area contributed by atoms with E-state index in [9.17, 15) is 4.79 Å². The summed E-state index contributed by atoms with van der Waals surface area (Å²) >= 11 is -2.39. The Bertz CT molecular complexity index is 240. The first-order valence-corrected chi connectivity index (χ1v) is 18.4. The third-order valence-electron chi connectivity index (χ3n) is 3.86. The second-order valence-corrected chi connectivity index (χ2v) is 23.2. The molecule has 0 aliphatic rings. The van der Waals surface area contributed by atoms with E-state index in [0.29, 0.717) is 0 Å². The fourth-order valence-electron chi connectivity index (χ4n) is 2.52. The summed E-state index contributed by atoms with van der Waals surface area (Å²) in [4.78, 5) is 11.4. The SMILES string of the molecule is CCC[CH2][Pb](/[CH]=C\C(=O)OC)([CH2]CCC)[CH2]CCC. The fraction of sp³-hybridized carbons (Fsp3) is 0.812. The van der Waals surface area contributed by atoms with Gasteiger partial charge >= 0.3 is 125 Å². The van der Waals surface area contributed by atoms with E-state index >= 15 is 0 Å². The minimum atomic E-state index is -2.39. The quantitative estimate of drug-likeness (QED) is 0.242. The molecule has 0 rings (SSSR count). The van der Waals surface area contributed by atoms with E-state index in [1.54, 1.807) is 6.08 Å². The molecule has 0 saturated heterocycles. The molecule has 0 heterocycles. The number of unbranched alkanes of at least 4 members (excludes halogenated alkanes) is 3. The first kappa shape index (κ1) is 19.1. The van der Waals surface area contributed by atoms with Crippen LogP contribution in [0.4, 0.5) is 0 Å². The topological polar surface area (TPSA) is 26.3 Å². The van der Waals surface area contributed by atoms with Crippen LogP contribution in [-0.2, 0) is 9.53 Å². The third-order valence-corrected chi connectivity index (χ3v) is 23.0. The molecule has 0 bridgehead atoms. The van der Waals surface area contributed by atoms with Crippen molar-refractivity contribution in [1.82, 2.24) is 0 Å². The molecule has 0 spiro atoms. The summed E-state index contributed by atoms with van der Waals surface area (Å²) in [6.45, 7) is 6.80. The maximum absolute atomic E-state index is 11.4. The van der Waals surface area contributed by atoms with E-state index < -0.39 is 21.2 Å². The van der Waals surface area contributed by atoms with Crippen molar-refractivity contribution in [2.45, 2.75) is 71.2 Å². The van der Waals surface area contributed by atoms with Crippen LogP contribution in [0.25, 0.3) is 0 Å². The van der Waals surface area contributed by atoms with Gasteiger partial charge in [-0.1, -0.05) is 0 Å². The van der Waals surface area contributed by atoms with Crippen molar-refractivity contribution in [3.05, 3.63) is 9.71 Å². The molecule has 0 aromatic carbocycles. The van der Waals surface area contributed by atoms with Crippen LogP contribution in [0.5, 0.6) is 0 Å². The summed E-state index contributed by atoms with van der Waals surface area (Å²) in [6.07, 6.45) is 9.55. The van der Waals surface area contributed by atoms with Crippen molar-refractivity contribution in [3.8, 4) is 0 Å². The first-order valence-electron chi connectivity index (χ1n) is 7.91. The van der Waals surface area contributed by atoms with Crippen LogP contribution >= 0.6 is 0 Å². The molecule has 0 N–H and O–H groups in total. The van der Waals surface area contributed by atoms with E-state index in [1.807, 2.05) is 0 Å². The molecule has 0 aromatic rings. The Morgan fingerprint density at radius 2 is 1.37 bits per heavy atom. The van der Waals surface area contributed by atoms with Crippen LogP contribution in [0.15, 0.2) is 9.71 Å². The van der Waals surface area contributed by atoms with E-state index in [1.165, 1.54) is 57.6 Å². The molecule has 0 fully saturated rings. The van der Waals surface area contributed by atoms with Crippen molar-refractivity contribution < 1.29 is 9.53 Å². The molecule has 0 radical (unpaired) electrons. The summed E-state index contributed by atoms with van der Waals surface area (Å²) in [5.41, 5.74) is 0. The molecule has 0 aromatic heterocycles. The van der Waals surface area contributed by atoms with Crippen molar-refractivity contribution in [3.63, 3.8) is 0 Å². The number of hydrogen-bond acceptors (Lipinski definition) is 2. The summed E-state index contributed by atoms with van der Waals surface area (Å²) in [7, 11) is 1.47. The molecular weight excluding hydrogens is 431 g/mol. The Morgan fingerprint density at radius 1 is 0.947 bits per heavy atom. The van der Waals surface area contributed by atoms with Crippen molar-refractivity contribution >= 4 is 27.1 Å². The number of carbonyl (C=O) groups is 1. The average molecular weight is 464 g/mol. The van der Waals surface area contributed by atoms with Gasteiger partial charge in [0.15, 0.2) is 0 Å². The molecule has 2 nitrogen and oxygen atoms in total. The molecule has 0 amide bonds. The third kappa shape index (κ3) is 8.82. The van der Waals surface area contributed by atoms with Crippen LogP contribution in [0, 0.1) is 0 Å². The zero-order chi connectivity index (χ0) is 14.6. The average Bonchev–Trinajstić information content (AvgIpc) is 2.45. The molecule has 0 aliphatic carbocycles.